The number of aromatic nitrogens is 2. The summed E-state index contributed by atoms with van der Waals surface area (Å²) >= 11 is 6.01. The molecule has 0 saturated heterocycles. The molecule has 1 aliphatic heterocycles. The first-order valence-corrected chi connectivity index (χ1v) is 11.5. The van der Waals surface area contributed by atoms with Gasteiger partial charge in [-0.1, -0.05) is 23.7 Å². The standard InChI is InChI=1S/C24H25ClF2N4O5/c1-24(26,27)36-18-10-8-17(9-11-18)35-22-28-20-19(31(22)14-15-4-6-16(25)7-5-15)21(33)30(12-3-13-32)23(34)29(20)2/h4-11,22,28,32H,3,12-14H2,1-2H3. The van der Waals surface area contributed by atoms with E-state index in [1.165, 1.54) is 35.9 Å². The van der Waals surface area contributed by atoms with Crippen molar-refractivity contribution in [1.29, 1.82) is 0 Å². The fourth-order valence-corrected chi connectivity index (χ4v) is 4.00. The average molecular weight is 523 g/mol. The molecule has 3 aromatic rings. The average Bonchev–Trinajstić information content (AvgIpc) is 3.17. The molecule has 0 bridgehead atoms. The smallest absolute Gasteiger partial charge is 0.394 e. The zero-order chi connectivity index (χ0) is 26.0. The molecular formula is C24H25ClF2N4O5. The highest BCUT2D eigenvalue weighted by Gasteiger charge is 2.36. The molecule has 0 saturated carbocycles. The van der Waals surface area contributed by atoms with Crippen molar-refractivity contribution < 1.29 is 23.4 Å². The number of hydrogen-bond acceptors (Lipinski definition) is 7. The van der Waals surface area contributed by atoms with Crippen molar-refractivity contribution >= 4 is 23.1 Å². The summed E-state index contributed by atoms with van der Waals surface area (Å²) in [5, 5.41) is 12.8. The molecule has 2 N–H and O–H groups in total. The molecule has 9 nitrogen and oxygen atoms in total. The van der Waals surface area contributed by atoms with Crippen LogP contribution in [-0.2, 0) is 20.1 Å². The third-order valence-electron chi connectivity index (χ3n) is 5.53. The number of benzene rings is 2. The van der Waals surface area contributed by atoms with Crippen LogP contribution < -0.4 is 30.9 Å². The Morgan fingerprint density at radius 1 is 1.08 bits per heavy atom. The van der Waals surface area contributed by atoms with Crippen molar-refractivity contribution in [1.82, 2.24) is 9.13 Å². The van der Waals surface area contributed by atoms with Gasteiger partial charge in [0.25, 0.3) is 11.9 Å². The number of aliphatic hydroxyl groups is 1. The lowest BCUT2D eigenvalue weighted by Gasteiger charge is -2.26. The van der Waals surface area contributed by atoms with Gasteiger partial charge in [0, 0.05) is 38.7 Å². The topological polar surface area (TPSA) is 98.0 Å². The predicted octanol–water partition coefficient (Wildman–Crippen LogP) is 3.37. The van der Waals surface area contributed by atoms with Crippen LogP contribution in [0.2, 0.25) is 5.02 Å². The summed E-state index contributed by atoms with van der Waals surface area (Å²) in [4.78, 5) is 27.9. The van der Waals surface area contributed by atoms with E-state index in [2.05, 4.69) is 10.1 Å². The Balaban J connectivity index is 1.70. The molecule has 2 aromatic carbocycles. The maximum absolute atomic E-state index is 13.4. The minimum atomic E-state index is -3.33. The van der Waals surface area contributed by atoms with Crippen molar-refractivity contribution in [2.75, 3.05) is 16.8 Å². The normalized spacial score (nSPS) is 14.9. The molecule has 12 heteroatoms. The molecular weight excluding hydrogens is 498 g/mol. The highest BCUT2D eigenvalue weighted by atomic mass is 35.5. The Bertz CT molecular complexity index is 1340. The zero-order valence-corrected chi connectivity index (χ0v) is 20.3. The number of ether oxygens (including phenoxy) is 2. The minimum absolute atomic E-state index is 0.0373. The van der Waals surface area contributed by atoms with Gasteiger partial charge in [-0.3, -0.25) is 13.9 Å². The lowest BCUT2D eigenvalue weighted by atomic mass is 10.2. The number of alkyl halides is 2. The second-order valence-corrected chi connectivity index (χ2v) is 8.76. The van der Waals surface area contributed by atoms with Crippen LogP contribution in [0, 0.1) is 0 Å². The van der Waals surface area contributed by atoms with E-state index in [1.807, 2.05) is 0 Å². The van der Waals surface area contributed by atoms with Crippen LogP contribution in [0.5, 0.6) is 11.5 Å². The highest BCUT2D eigenvalue weighted by molar-refractivity contribution is 6.30. The Morgan fingerprint density at radius 2 is 1.72 bits per heavy atom. The van der Waals surface area contributed by atoms with Crippen LogP contribution in [0.1, 0.15) is 18.9 Å². The van der Waals surface area contributed by atoms with Gasteiger partial charge in [0.2, 0.25) is 0 Å². The summed E-state index contributed by atoms with van der Waals surface area (Å²) in [6.07, 6.45) is -3.99. The van der Waals surface area contributed by atoms with Crippen molar-refractivity contribution in [3.05, 3.63) is 80.0 Å². The number of nitrogens with zero attached hydrogens (tertiary/aromatic N) is 3. The molecule has 1 unspecified atom stereocenters. The van der Waals surface area contributed by atoms with E-state index in [1.54, 1.807) is 29.2 Å². The second kappa shape index (κ2) is 10.2. The van der Waals surface area contributed by atoms with Crippen LogP contribution in [0.25, 0.3) is 0 Å². The summed E-state index contributed by atoms with van der Waals surface area (Å²) in [7, 11) is 1.53. The summed E-state index contributed by atoms with van der Waals surface area (Å²) < 4.78 is 39.3. The molecule has 192 valence electrons. The molecule has 0 spiro atoms. The zero-order valence-electron chi connectivity index (χ0n) is 19.6. The van der Waals surface area contributed by atoms with Gasteiger partial charge in [-0.2, -0.15) is 8.78 Å². The van der Waals surface area contributed by atoms with Crippen molar-refractivity contribution in [2.45, 2.75) is 38.9 Å². The first kappa shape index (κ1) is 25.5. The Morgan fingerprint density at radius 3 is 2.33 bits per heavy atom. The number of halogens is 3. The van der Waals surface area contributed by atoms with Crippen molar-refractivity contribution in [3.8, 4) is 11.5 Å². The fourth-order valence-electron chi connectivity index (χ4n) is 3.88. The number of rotatable bonds is 9. The third-order valence-corrected chi connectivity index (χ3v) is 5.78. The van der Waals surface area contributed by atoms with Crippen LogP contribution in [-0.4, -0.2) is 33.3 Å². The number of fused-ring (bicyclic) bond motifs is 1. The molecule has 1 aliphatic rings. The lowest BCUT2D eigenvalue weighted by Crippen LogP contribution is -2.43. The Kier molecular flexibility index (Phi) is 7.23. The van der Waals surface area contributed by atoms with E-state index in [0.717, 1.165) is 10.1 Å². The van der Waals surface area contributed by atoms with E-state index < -0.39 is 23.7 Å². The van der Waals surface area contributed by atoms with E-state index in [9.17, 15) is 23.5 Å². The third kappa shape index (κ3) is 5.47. The van der Waals surface area contributed by atoms with E-state index >= 15 is 0 Å². The summed E-state index contributed by atoms with van der Waals surface area (Å²) in [6.45, 7) is 0.760. The first-order valence-electron chi connectivity index (χ1n) is 11.1. The maximum atomic E-state index is 13.4. The quantitative estimate of drug-likeness (QED) is 0.444. The van der Waals surface area contributed by atoms with Gasteiger partial charge in [-0.05, 0) is 48.4 Å². The van der Waals surface area contributed by atoms with Gasteiger partial charge >= 0.3 is 11.8 Å². The Labute approximate surface area is 210 Å². The molecule has 0 amide bonds. The molecule has 1 atom stereocenters. The first-order chi connectivity index (χ1) is 17.1. The van der Waals surface area contributed by atoms with Gasteiger partial charge in [-0.25, -0.2) is 4.79 Å². The molecule has 0 radical (unpaired) electrons. The number of hydrogen-bond donors (Lipinski definition) is 2. The highest BCUT2D eigenvalue weighted by Crippen LogP contribution is 2.33. The van der Waals surface area contributed by atoms with Crippen LogP contribution in [0.3, 0.4) is 0 Å². The molecule has 2 heterocycles. The van der Waals surface area contributed by atoms with Crippen LogP contribution in [0.15, 0.2) is 58.1 Å². The second-order valence-electron chi connectivity index (χ2n) is 8.32. The minimum Gasteiger partial charge on any atom is -0.452 e. The molecule has 4 rings (SSSR count). The molecule has 0 aliphatic carbocycles. The van der Waals surface area contributed by atoms with E-state index in [-0.39, 0.29) is 43.4 Å². The van der Waals surface area contributed by atoms with Gasteiger partial charge < -0.3 is 24.8 Å². The maximum Gasteiger partial charge on any atom is 0.394 e. The number of anilines is 2. The van der Waals surface area contributed by atoms with Crippen molar-refractivity contribution in [2.24, 2.45) is 7.05 Å². The Hall–Kier alpha value is -3.57. The molecule has 0 fully saturated rings. The SMILES string of the molecule is Cn1c2c(c(=O)n(CCCO)c1=O)N(Cc1ccc(Cl)cc1)C(Oc1ccc(OC(C)(F)F)cc1)N2. The number of aliphatic hydroxyl groups excluding tert-OH is 1. The summed E-state index contributed by atoms with van der Waals surface area (Å²) in [5.74, 6) is 0.554. The van der Waals surface area contributed by atoms with Gasteiger partial charge in [0.1, 0.15) is 23.0 Å². The number of nitrogens with one attached hydrogen (secondary N) is 1. The van der Waals surface area contributed by atoms with Gasteiger partial charge in [0.15, 0.2) is 0 Å². The van der Waals surface area contributed by atoms with Crippen LogP contribution >= 0.6 is 11.6 Å². The summed E-state index contributed by atoms with van der Waals surface area (Å²) in [5.41, 5.74) is -0.0101. The fraction of sp³-hybridized carbons (Fsp3) is 0.333. The van der Waals surface area contributed by atoms with Gasteiger partial charge in [0.05, 0.1) is 0 Å². The molecule has 36 heavy (non-hydrogen) atoms. The van der Waals surface area contributed by atoms with Gasteiger partial charge in [-0.15, -0.1) is 0 Å². The van der Waals surface area contributed by atoms with E-state index in [0.29, 0.717) is 17.7 Å². The summed E-state index contributed by atoms with van der Waals surface area (Å²) in [6, 6.07) is 12.7. The monoisotopic (exact) mass is 522 g/mol. The molecule has 1 aromatic heterocycles. The van der Waals surface area contributed by atoms with Crippen LogP contribution in [0.4, 0.5) is 20.3 Å². The lowest BCUT2D eigenvalue weighted by molar-refractivity contribution is -0.158. The largest absolute Gasteiger partial charge is 0.452 e. The van der Waals surface area contributed by atoms with E-state index in [4.69, 9.17) is 16.3 Å². The predicted molar refractivity (Wildman–Crippen MR) is 131 cm³/mol. The van der Waals surface area contributed by atoms with Crippen molar-refractivity contribution in [3.63, 3.8) is 0 Å².